The number of aromatic carboxylic acids is 1. The number of aryl methyl sites for hydroxylation is 1. The van der Waals surface area contributed by atoms with Gasteiger partial charge < -0.3 is 19.3 Å². The SMILES string of the molecule is Cc1c(/C=C/c2ccc(/C=C/c3ccc(C(=O)O)cc3N3CCC(=O)C3=O)cc2)c(=O)oc2cc(N(C)C)ccc12. The molecule has 8 heteroatoms. The van der Waals surface area contributed by atoms with E-state index in [0.717, 1.165) is 27.8 Å². The second-order valence-corrected chi connectivity index (χ2v) is 10.0. The maximum Gasteiger partial charge on any atom is 0.343 e. The molecule has 0 aliphatic carbocycles. The number of hydrogen-bond donors (Lipinski definition) is 1. The van der Waals surface area contributed by atoms with Gasteiger partial charge in [0.25, 0.3) is 5.91 Å². The molecule has 1 aliphatic heterocycles. The Kier molecular flexibility index (Phi) is 7.40. The Labute approximate surface area is 236 Å². The van der Waals surface area contributed by atoms with E-state index in [2.05, 4.69) is 0 Å². The Hall–Kier alpha value is -5.24. The molecule has 0 atom stereocenters. The number of fused-ring (bicyclic) bond motifs is 1. The van der Waals surface area contributed by atoms with Gasteiger partial charge in [-0.2, -0.15) is 0 Å². The van der Waals surface area contributed by atoms with Gasteiger partial charge in [0.1, 0.15) is 5.58 Å². The van der Waals surface area contributed by atoms with Gasteiger partial charge in [0.15, 0.2) is 0 Å². The molecule has 2 heterocycles. The zero-order chi connectivity index (χ0) is 29.3. The number of carboxylic acids is 1. The van der Waals surface area contributed by atoms with E-state index in [1.807, 2.05) is 80.5 Å². The molecule has 1 saturated heterocycles. The number of Topliss-reactive ketones (excluding diaryl/α,β-unsaturated/α-hetero) is 1. The number of carbonyl (C=O) groups is 3. The predicted octanol–water partition coefficient (Wildman–Crippen LogP) is 5.51. The number of carboxylic acid groups (broad SMARTS) is 1. The molecule has 0 radical (unpaired) electrons. The van der Waals surface area contributed by atoms with Crippen LogP contribution in [0.4, 0.5) is 11.4 Å². The lowest BCUT2D eigenvalue weighted by atomic mass is 10.0. The minimum atomic E-state index is -1.11. The predicted molar refractivity (Wildman–Crippen MR) is 161 cm³/mol. The number of carbonyl (C=O) groups excluding carboxylic acids is 2. The van der Waals surface area contributed by atoms with Crippen molar-refractivity contribution in [2.45, 2.75) is 13.3 Å². The maximum absolute atomic E-state index is 12.7. The van der Waals surface area contributed by atoms with Gasteiger partial charge in [-0.1, -0.05) is 48.6 Å². The van der Waals surface area contributed by atoms with Crippen molar-refractivity contribution in [2.24, 2.45) is 0 Å². The van der Waals surface area contributed by atoms with Crippen LogP contribution in [0.15, 0.2) is 69.9 Å². The number of anilines is 2. The Balaban J connectivity index is 1.38. The third-order valence-corrected chi connectivity index (χ3v) is 7.16. The monoisotopic (exact) mass is 548 g/mol. The summed E-state index contributed by atoms with van der Waals surface area (Å²) in [5.74, 6) is -2.23. The van der Waals surface area contributed by atoms with E-state index in [4.69, 9.17) is 4.42 Å². The summed E-state index contributed by atoms with van der Waals surface area (Å²) in [5, 5.41) is 10.3. The van der Waals surface area contributed by atoms with E-state index in [1.165, 1.54) is 17.0 Å². The maximum atomic E-state index is 12.7. The summed E-state index contributed by atoms with van der Waals surface area (Å²) < 4.78 is 5.61. The lowest BCUT2D eigenvalue weighted by Gasteiger charge is -2.18. The van der Waals surface area contributed by atoms with Crippen LogP contribution in [0.5, 0.6) is 0 Å². The lowest BCUT2D eigenvalue weighted by Crippen LogP contribution is -2.27. The van der Waals surface area contributed by atoms with Crippen LogP contribution in [0.25, 0.3) is 35.3 Å². The van der Waals surface area contributed by atoms with Crippen molar-refractivity contribution in [1.29, 1.82) is 0 Å². The number of ketones is 1. The molecule has 5 rings (SSSR count). The van der Waals surface area contributed by atoms with Crippen molar-refractivity contribution in [3.8, 4) is 0 Å². The number of amides is 1. The second kappa shape index (κ2) is 11.1. The molecule has 4 aromatic rings. The van der Waals surface area contributed by atoms with Crippen LogP contribution in [0.2, 0.25) is 0 Å². The van der Waals surface area contributed by atoms with Crippen LogP contribution in [0, 0.1) is 6.92 Å². The third kappa shape index (κ3) is 5.58. The number of rotatable bonds is 7. The molecular weight excluding hydrogens is 520 g/mol. The molecule has 1 aliphatic rings. The first kappa shape index (κ1) is 27.3. The summed E-state index contributed by atoms with van der Waals surface area (Å²) in [5.41, 5.74) is 5.25. The normalized spacial score (nSPS) is 13.7. The molecule has 0 spiro atoms. The van der Waals surface area contributed by atoms with Crippen LogP contribution in [0.1, 0.15) is 44.6 Å². The minimum absolute atomic E-state index is 0.0365. The van der Waals surface area contributed by atoms with Gasteiger partial charge in [0, 0.05) is 44.2 Å². The molecule has 0 saturated carbocycles. The molecule has 1 amide bonds. The number of benzene rings is 3. The highest BCUT2D eigenvalue weighted by atomic mass is 16.4. The van der Waals surface area contributed by atoms with E-state index >= 15 is 0 Å². The van der Waals surface area contributed by atoms with Crippen LogP contribution in [0.3, 0.4) is 0 Å². The van der Waals surface area contributed by atoms with Gasteiger partial charge in [-0.15, -0.1) is 0 Å². The van der Waals surface area contributed by atoms with E-state index in [1.54, 1.807) is 18.2 Å². The van der Waals surface area contributed by atoms with E-state index in [9.17, 15) is 24.3 Å². The molecule has 8 nitrogen and oxygen atoms in total. The van der Waals surface area contributed by atoms with Crippen molar-refractivity contribution < 1.29 is 23.9 Å². The van der Waals surface area contributed by atoms with E-state index < -0.39 is 23.3 Å². The van der Waals surface area contributed by atoms with Gasteiger partial charge in [-0.25, -0.2) is 9.59 Å². The lowest BCUT2D eigenvalue weighted by molar-refractivity contribution is -0.133. The van der Waals surface area contributed by atoms with Crippen molar-refractivity contribution in [3.63, 3.8) is 0 Å². The third-order valence-electron chi connectivity index (χ3n) is 7.16. The summed E-state index contributed by atoms with van der Waals surface area (Å²) in [7, 11) is 3.86. The molecule has 0 unspecified atom stereocenters. The van der Waals surface area contributed by atoms with Gasteiger partial charge in [-0.05, 0) is 59.5 Å². The van der Waals surface area contributed by atoms with Gasteiger partial charge in [0.2, 0.25) is 5.78 Å². The fraction of sp³-hybridized carbons (Fsp3) is 0.152. The molecule has 1 fully saturated rings. The molecule has 41 heavy (non-hydrogen) atoms. The summed E-state index contributed by atoms with van der Waals surface area (Å²) in [6.45, 7) is 2.12. The average Bonchev–Trinajstić information content (AvgIpc) is 3.29. The highest BCUT2D eigenvalue weighted by Gasteiger charge is 2.31. The van der Waals surface area contributed by atoms with E-state index in [0.29, 0.717) is 22.4 Å². The van der Waals surface area contributed by atoms with Crippen molar-refractivity contribution >= 4 is 64.3 Å². The Bertz CT molecular complexity index is 1810. The molecule has 3 aromatic carbocycles. The second-order valence-electron chi connectivity index (χ2n) is 10.0. The Morgan fingerprint density at radius 2 is 1.59 bits per heavy atom. The first-order valence-electron chi connectivity index (χ1n) is 13.1. The molecular formula is C33H28N2O6. The summed E-state index contributed by atoms with van der Waals surface area (Å²) in [6.07, 6.45) is 7.35. The topological polar surface area (TPSA) is 108 Å². The van der Waals surface area contributed by atoms with E-state index in [-0.39, 0.29) is 18.5 Å². The zero-order valence-corrected chi connectivity index (χ0v) is 22.9. The molecule has 1 aromatic heterocycles. The van der Waals surface area contributed by atoms with Crippen molar-refractivity contribution in [3.05, 3.63) is 104 Å². The highest BCUT2D eigenvalue weighted by Crippen LogP contribution is 2.28. The van der Waals surface area contributed by atoms with Gasteiger partial charge in [-0.3, -0.25) is 9.59 Å². The van der Waals surface area contributed by atoms with Crippen LogP contribution in [-0.4, -0.2) is 43.4 Å². The first-order chi connectivity index (χ1) is 19.6. The minimum Gasteiger partial charge on any atom is -0.478 e. The van der Waals surface area contributed by atoms with Crippen LogP contribution < -0.4 is 15.4 Å². The standard InChI is InChI=1S/C33H28N2O6/c1-20-26-15-13-25(34(2)3)19-30(26)41-33(40)27(20)14-9-22-6-4-21(5-7-22)8-10-23-11-12-24(32(38)39)18-28(23)35-17-16-29(36)31(35)37/h4-15,18-19H,16-17H2,1-3H3,(H,38,39)/b10-8+,14-9+. The molecule has 206 valence electrons. The number of nitrogens with zero attached hydrogens (tertiary/aromatic N) is 2. The fourth-order valence-electron chi connectivity index (χ4n) is 4.77. The summed E-state index contributed by atoms with van der Waals surface area (Å²) in [4.78, 5) is 51.7. The smallest absolute Gasteiger partial charge is 0.343 e. The highest BCUT2D eigenvalue weighted by molar-refractivity contribution is 6.43. The largest absolute Gasteiger partial charge is 0.478 e. The molecule has 1 N–H and O–H groups in total. The summed E-state index contributed by atoms with van der Waals surface area (Å²) in [6, 6.07) is 17.9. The Morgan fingerprint density at radius 1 is 0.902 bits per heavy atom. The van der Waals surface area contributed by atoms with Crippen molar-refractivity contribution in [1.82, 2.24) is 0 Å². The van der Waals surface area contributed by atoms with Crippen molar-refractivity contribution in [2.75, 3.05) is 30.4 Å². The van der Waals surface area contributed by atoms with Gasteiger partial charge >= 0.3 is 11.6 Å². The summed E-state index contributed by atoms with van der Waals surface area (Å²) >= 11 is 0. The van der Waals surface area contributed by atoms with Crippen LogP contribution >= 0.6 is 0 Å². The number of hydrogen-bond acceptors (Lipinski definition) is 6. The fourth-order valence-corrected chi connectivity index (χ4v) is 4.77. The molecule has 0 bridgehead atoms. The first-order valence-corrected chi connectivity index (χ1v) is 13.1. The van der Waals surface area contributed by atoms with Gasteiger partial charge in [0.05, 0.1) is 16.8 Å². The quantitative estimate of drug-likeness (QED) is 0.184. The average molecular weight is 549 g/mol. The zero-order valence-electron chi connectivity index (χ0n) is 22.9. The Morgan fingerprint density at radius 3 is 2.20 bits per heavy atom. The van der Waals surface area contributed by atoms with Crippen LogP contribution in [-0.2, 0) is 9.59 Å².